The van der Waals surface area contributed by atoms with E-state index in [2.05, 4.69) is 23.3 Å². The minimum atomic E-state index is -0.407. The fourth-order valence-corrected chi connectivity index (χ4v) is 2.49. The molecule has 1 aromatic heterocycles. The molecule has 0 spiro atoms. The Morgan fingerprint density at radius 2 is 1.77 bits per heavy atom. The second-order valence-corrected chi connectivity index (χ2v) is 5.25. The van der Waals surface area contributed by atoms with Crippen molar-refractivity contribution in [2.24, 2.45) is 12.8 Å². The number of aryl methyl sites for hydroxylation is 1. The zero-order valence-electron chi connectivity index (χ0n) is 12.4. The number of carbonyl (C=O) groups excluding carboxylic acids is 1. The molecule has 4 nitrogen and oxygen atoms in total. The van der Waals surface area contributed by atoms with Crippen LogP contribution in [0.15, 0.2) is 60.7 Å². The summed E-state index contributed by atoms with van der Waals surface area (Å²) in [5.74, 6) is -0.407. The van der Waals surface area contributed by atoms with E-state index in [0.29, 0.717) is 5.56 Å². The van der Waals surface area contributed by atoms with Crippen LogP contribution in [0.25, 0.3) is 11.3 Å². The molecule has 1 heterocycles. The van der Waals surface area contributed by atoms with Crippen LogP contribution in [0.2, 0.25) is 0 Å². The molecular weight excluding hydrogens is 274 g/mol. The van der Waals surface area contributed by atoms with Crippen LogP contribution in [-0.2, 0) is 13.5 Å². The molecule has 0 atom stereocenters. The van der Waals surface area contributed by atoms with Crippen molar-refractivity contribution >= 4 is 5.91 Å². The number of rotatable bonds is 4. The maximum absolute atomic E-state index is 11.1. The van der Waals surface area contributed by atoms with E-state index in [0.717, 1.165) is 28.9 Å². The van der Waals surface area contributed by atoms with Crippen LogP contribution in [0.5, 0.6) is 0 Å². The molecule has 4 heteroatoms. The molecule has 0 unspecified atom stereocenters. The first-order valence-corrected chi connectivity index (χ1v) is 7.10. The SMILES string of the molecule is Cn1nc(Cc2ccc(C(N)=O)cc2)cc1-c1ccccc1. The van der Waals surface area contributed by atoms with Crippen molar-refractivity contribution in [1.29, 1.82) is 0 Å². The predicted octanol–water partition coefficient (Wildman–Crippen LogP) is 2.78. The lowest BCUT2D eigenvalue weighted by atomic mass is 10.1. The standard InChI is InChI=1S/C18H17N3O/c1-21-17(14-5-3-2-4-6-14)12-16(20-21)11-13-7-9-15(10-8-13)18(19)22/h2-10,12H,11H2,1H3,(H2,19,22). The largest absolute Gasteiger partial charge is 0.366 e. The number of nitrogens with two attached hydrogens (primary N) is 1. The van der Waals surface area contributed by atoms with Gasteiger partial charge in [-0.3, -0.25) is 9.48 Å². The summed E-state index contributed by atoms with van der Waals surface area (Å²) in [6.45, 7) is 0. The van der Waals surface area contributed by atoms with E-state index < -0.39 is 5.91 Å². The highest BCUT2D eigenvalue weighted by molar-refractivity contribution is 5.92. The van der Waals surface area contributed by atoms with Gasteiger partial charge in [-0.05, 0) is 29.3 Å². The molecule has 3 aromatic rings. The smallest absolute Gasteiger partial charge is 0.248 e. The second kappa shape index (κ2) is 5.85. The number of benzene rings is 2. The van der Waals surface area contributed by atoms with Crippen molar-refractivity contribution in [2.75, 3.05) is 0 Å². The van der Waals surface area contributed by atoms with E-state index in [1.807, 2.05) is 42.1 Å². The molecule has 0 aliphatic heterocycles. The molecule has 2 aromatic carbocycles. The van der Waals surface area contributed by atoms with Crippen LogP contribution < -0.4 is 5.73 Å². The molecule has 0 aliphatic rings. The van der Waals surface area contributed by atoms with E-state index in [9.17, 15) is 4.79 Å². The monoisotopic (exact) mass is 291 g/mol. The number of primary amides is 1. The third-order valence-corrected chi connectivity index (χ3v) is 3.62. The maximum atomic E-state index is 11.1. The normalized spacial score (nSPS) is 10.6. The summed E-state index contributed by atoms with van der Waals surface area (Å²) in [5, 5.41) is 4.56. The van der Waals surface area contributed by atoms with Gasteiger partial charge < -0.3 is 5.73 Å². The minimum Gasteiger partial charge on any atom is -0.366 e. The first-order chi connectivity index (χ1) is 10.6. The Morgan fingerprint density at radius 1 is 1.09 bits per heavy atom. The Bertz CT molecular complexity index is 789. The zero-order chi connectivity index (χ0) is 15.5. The lowest BCUT2D eigenvalue weighted by Crippen LogP contribution is -2.10. The highest BCUT2D eigenvalue weighted by Gasteiger charge is 2.08. The van der Waals surface area contributed by atoms with Gasteiger partial charge in [0.05, 0.1) is 11.4 Å². The molecule has 0 aliphatic carbocycles. The summed E-state index contributed by atoms with van der Waals surface area (Å²) in [6.07, 6.45) is 0.722. The molecule has 2 N–H and O–H groups in total. The predicted molar refractivity (Wildman–Crippen MR) is 86.4 cm³/mol. The number of aromatic nitrogens is 2. The highest BCUT2D eigenvalue weighted by atomic mass is 16.1. The molecule has 1 amide bonds. The highest BCUT2D eigenvalue weighted by Crippen LogP contribution is 2.20. The van der Waals surface area contributed by atoms with Gasteiger partial charge in [-0.25, -0.2) is 0 Å². The van der Waals surface area contributed by atoms with Crippen molar-refractivity contribution in [3.05, 3.63) is 77.5 Å². The Kier molecular flexibility index (Phi) is 3.74. The third-order valence-electron chi connectivity index (χ3n) is 3.62. The number of carbonyl (C=O) groups is 1. The number of amides is 1. The fourth-order valence-electron chi connectivity index (χ4n) is 2.49. The van der Waals surface area contributed by atoms with Gasteiger partial charge >= 0.3 is 0 Å². The molecular formula is C18H17N3O. The van der Waals surface area contributed by atoms with Crippen molar-refractivity contribution < 1.29 is 4.79 Å². The van der Waals surface area contributed by atoms with E-state index in [1.165, 1.54) is 0 Å². The molecule has 110 valence electrons. The van der Waals surface area contributed by atoms with Crippen LogP contribution in [0.3, 0.4) is 0 Å². The van der Waals surface area contributed by atoms with Crippen molar-refractivity contribution in [3.8, 4) is 11.3 Å². The summed E-state index contributed by atoms with van der Waals surface area (Å²) in [5.41, 5.74) is 10.1. The lowest BCUT2D eigenvalue weighted by Gasteiger charge is -1.99. The summed E-state index contributed by atoms with van der Waals surface area (Å²) >= 11 is 0. The quantitative estimate of drug-likeness (QED) is 0.803. The lowest BCUT2D eigenvalue weighted by molar-refractivity contribution is 0.100. The zero-order valence-corrected chi connectivity index (χ0v) is 12.4. The van der Waals surface area contributed by atoms with Gasteiger partial charge in [-0.15, -0.1) is 0 Å². The van der Waals surface area contributed by atoms with Crippen LogP contribution in [0.4, 0.5) is 0 Å². The van der Waals surface area contributed by atoms with Gasteiger partial charge in [0.2, 0.25) is 5.91 Å². The van der Waals surface area contributed by atoms with Crippen LogP contribution >= 0.6 is 0 Å². The Balaban J connectivity index is 1.83. The van der Waals surface area contributed by atoms with Crippen molar-refractivity contribution in [2.45, 2.75) is 6.42 Å². The van der Waals surface area contributed by atoms with Gasteiger partial charge in [0.15, 0.2) is 0 Å². The average Bonchev–Trinajstić information content (AvgIpc) is 2.89. The summed E-state index contributed by atoms with van der Waals surface area (Å²) < 4.78 is 1.89. The average molecular weight is 291 g/mol. The second-order valence-electron chi connectivity index (χ2n) is 5.25. The van der Waals surface area contributed by atoms with Gasteiger partial charge in [0.25, 0.3) is 0 Å². The van der Waals surface area contributed by atoms with Crippen molar-refractivity contribution in [3.63, 3.8) is 0 Å². The van der Waals surface area contributed by atoms with E-state index in [1.54, 1.807) is 12.1 Å². The molecule has 3 rings (SSSR count). The van der Waals surface area contributed by atoms with Gasteiger partial charge in [0, 0.05) is 19.0 Å². The van der Waals surface area contributed by atoms with Crippen LogP contribution in [-0.4, -0.2) is 15.7 Å². The summed E-state index contributed by atoms with van der Waals surface area (Å²) in [6, 6.07) is 19.6. The van der Waals surface area contributed by atoms with Gasteiger partial charge in [-0.2, -0.15) is 5.10 Å². The minimum absolute atomic E-state index is 0.407. The number of hydrogen-bond acceptors (Lipinski definition) is 2. The molecule has 22 heavy (non-hydrogen) atoms. The van der Waals surface area contributed by atoms with E-state index in [4.69, 9.17) is 5.73 Å². The van der Waals surface area contributed by atoms with Crippen molar-refractivity contribution in [1.82, 2.24) is 9.78 Å². The molecule has 0 saturated carbocycles. The van der Waals surface area contributed by atoms with E-state index >= 15 is 0 Å². The van der Waals surface area contributed by atoms with E-state index in [-0.39, 0.29) is 0 Å². The third kappa shape index (κ3) is 2.91. The molecule has 0 saturated heterocycles. The Hall–Kier alpha value is -2.88. The Morgan fingerprint density at radius 3 is 2.41 bits per heavy atom. The Labute approximate surface area is 129 Å². The topological polar surface area (TPSA) is 60.9 Å². The molecule has 0 bridgehead atoms. The summed E-state index contributed by atoms with van der Waals surface area (Å²) in [4.78, 5) is 11.1. The molecule has 0 fully saturated rings. The van der Waals surface area contributed by atoms with Crippen LogP contribution in [0, 0.1) is 0 Å². The summed E-state index contributed by atoms with van der Waals surface area (Å²) in [7, 11) is 1.95. The van der Waals surface area contributed by atoms with Crippen LogP contribution in [0.1, 0.15) is 21.6 Å². The van der Waals surface area contributed by atoms with Gasteiger partial charge in [0.1, 0.15) is 0 Å². The number of nitrogens with zero attached hydrogens (tertiary/aromatic N) is 2. The van der Waals surface area contributed by atoms with Gasteiger partial charge in [-0.1, -0.05) is 42.5 Å². The maximum Gasteiger partial charge on any atom is 0.248 e. The number of hydrogen-bond donors (Lipinski definition) is 1. The first-order valence-electron chi connectivity index (χ1n) is 7.10. The fraction of sp³-hybridized carbons (Fsp3) is 0.111. The molecule has 0 radical (unpaired) electrons. The first kappa shape index (κ1) is 14.1.